The van der Waals surface area contributed by atoms with E-state index >= 15 is 0 Å². The molecule has 1 heterocycles. The van der Waals surface area contributed by atoms with Gasteiger partial charge in [0.2, 0.25) is 4.90 Å². The SMILES string of the molecule is CC(C)c1ccc(O)c([S+]2c3ccccc3Sc3ccccc32)c1. The standard InChI is InChI=1S/C21H18OS2/c1-14(2)15-11-12-16(22)21(13-15)24-19-9-5-3-7-17(19)23-18-8-4-6-10-20(18)24/h3-14H,1-2H3/p+1. The lowest BCUT2D eigenvalue weighted by atomic mass is 10.0. The van der Waals surface area contributed by atoms with Crippen molar-refractivity contribution in [2.75, 3.05) is 0 Å². The van der Waals surface area contributed by atoms with Crippen LogP contribution < -0.4 is 0 Å². The van der Waals surface area contributed by atoms with E-state index < -0.39 is 0 Å². The molecular weight excluding hydrogens is 332 g/mol. The van der Waals surface area contributed by atoms with Crippen LogP contribution in [-0.2, 0) is 10.9 Å². The molecule has 4 rings (SSSR count). The number of rotatable bonds is 2. The highest BCUT2D eigenvalue weighted by molar-refractivity contribution is 8.04. The molecule has 0 spiro atoms. The fourth-order valence-electron chi connectivity index (χ4n) is 2.93. The quantitative estimate of drug-likeness (QED) is 0.442. The van der Waals surface area contributed by atoms with Crippen molar-refractivity contribution in [1.82, 2.24) is 0 Å². The van der Waals surface area contributed by atoms with Gasteiger partial charge in [-0.3, -0.25) is 0 Å². The normalized spacial score (nSPS) is 13.6. The molecular formula is C21H19OS2+. The third-order valence-electron chi connectivity index (χ3n) is 4.23. The second-order valence-corrected chi connectivity index (χ2v) is 9.20. The minimum Gasteiger partial charge on any atom is -0.503 e. The Kier molecular flexibility index (Phi) is 4.07. The van der Waals surface area contributed by atoms with E-state index in [1.807, 2.05) is 23.9 Å². The molecule has 0 aliphatic carbocycles. The summed E-state index contributed by atoms with van der Waals surface area (Å²) >= 11 is 1.82. The summed E-state index contributed by atoms with van der Waals surface area (Å²) in [5.41, 5.74) is 1.27. The molecule has 0 radical (unpaired) electrons. The molecule has 0 atom stereocenters. The van der Waals surface area contributed by atoms with Crippen LogP contribution >= 0.6 is 11.8 Å². The molecule has 1 N–H and O–H groups in total. The molecule has 3 aromatic carbocycles. The molecule has 3 heteroatoms. The lowest BCUT2D eigenvalue weighted by molar-refractivity contribution is 0.461. The van der Waals surface area contributed by atoms with Gasteiger partial charge in [0, 0.05) is 6.07 Å². The summed E-state index contributed by atoms with van der Waals surface area (Å²) in [5.74, 6) is 0.830. The molecule has 1 aliphatic rings. The Morgan fingerprint density at radius 2 is 1.38 bits per heavy atom. The van der Waals surface area contributed by atoms with Gasteiger partial charge in [-0.05, 0) is 41.8 Å². The highest BCUT2D eigenvalue weighted by Gasteiger charge is 2.39. The average molecular weight is 352 g/mol. The van der Waals surface area contributed by atoms with Gasteiger partial charge in [0.25, 0.3) is 0 Å². The zero-order valence-corrected chi connectivity index (χ0v) is 15.3. The van der Waals surface area contributed by atoms with Gasteiger partial charge in [-0.15, -0.1) is 0 Å². The van der Waals surface area contributed by atoms with Crippen LogP contribution in [0.5, 0.6) is 5.75 Å². The fourth-order valence-corrected chi connectivity index (χ4v) is 6.76. The predicted octanol–water partition coefficient (Wildman–Crippen LogP) is 6.08. The van der Waals surface area contributed by atoms with Gasteiger partial charge in [-0.2, -0.15) is 0 Å². The zero-order chi connectivity index (χ0) is 16.7. The van der Waals surface area contributed by atoms with Crippen LogP contribution in [0.15, 0.2) is 91.2 Å². The van der Waals surface area contributed by atoms with E-state index in [9.17, 15) is 5.11 Å². The van der Waals surface area contributed by atoms with Crippen LogP contribution in [0.2, 0.25) is 0 Å². The maximum absolute atomic E-state index is 10.6. The number of phenolic OH excluding ortho intramolecular Hbond substituents is 1. The first kappa shape index (κ1) is 15.7. The molecule has 0 saturated heterocycles. The van der Waals surface area contributed by atoms with E-state index in [0.717, 1.165) is 4.90 Å². The molecule has 0 unspecified atom stereocenters. The molecule has 0 amide bonds. The largest absolute Gasteiger partial charge is 0.503 e. The first-order valence-corrected chi connectivity index (χ1v) is 10.1. The zero-order valence-electron chi connectivity index (χ0n) is 13.7. The Hall–Kier alpha value is -1.84. The number of phenols is 1. The highest BCUT2D eigenvalue weighted by Crippen LogP contribution is 2.49. The Bertz CT molecular complexity index is 856. The number of hydrogen-bond acceptors (Lipinski definition) is 2. The number of hydrogen-bond donors (Lipinski definition) is 1. The van der Waals surface area contributed by atoms with Gasteiger partial charge in [0.15, 0.2) is 15.5 Å². The Morgan fingerprint density at radius 1 is 0.792 bits per heavy atom. The molecule has 0 fully saturated rings. The summed E-state index contributed by atoms with van der Waals surface area (Å²) in [7, 11) is -0.267. The first-order chi connectivity index (χ1) is 11.6. The van der Waals surface area contributed by atoms with E-state index in [1.165, 1.54) is 25.1 Å². The van der Waals surface area contributed by atoms with Gasteiger partial charge in [-0.1, -0.05) is 55.9 Å². The number of aromatic hydroxyl groups is 1. The number of benzene rings is 3. The van der Waals surface area contributed by atoms with E-state index in [-0.39, 0.29) is 10.9 Å². The Morgan fingerprint density at radius 3 is 1.96 bits per heavy atom. The van der Waals surface area contributed by atoms with Crippen LogP contribution in [0.25, 0.3) is 0 Å². The van der Waals surface area contributed by atoms with E-state index in [4.69, 9.17) is 0 Å². The van der Waals surface area contributed by atoms with Gasteiger partial charge in [0.1, 0.15) is 10.9 Å². The van der Waals surface area contributed by atoms with Crippen molar-refractivity contribution in [2.24, 2.45) is 0 Å². The topological polar surface area (TPSA) is 20.2 Å². The average Bonchev–Trinajstić information content (AvgIpc) is 2.60. The molecule has 1 nitrogen and oxygen atoms in total. The summed E-state index contributed by atoms with van der Waals surface area (Å²) in [6, 6.07) is 23.2. The van der Waals surface area contributed by atoms with Crippen molar-refractivity contribution in [2.45, 2.75) is 44.2 Å². The van der Waals surface area contributed by atoms with Crippen molar-refractivity contribution >= 4 is 22.7 Å². The smallest absolute Gasteiger partial charge is 0.208 e. The molecule has 0 saturated carbocycles. The van der Waals surface area contributed by atoms with Crippen LogP contribution in [0.4, 0.5) is 0 Å². The maximum atomic E-state index is 10.6. The second kappa shape index (κ2) is 6.23. The Balaban J connectivity index is 1.97. The van der Waals surface area contributed by atoms with Crippen molar-refractivity contribution in [3.63, 3.8) is 0 Å². The lowest BCUT2D eigenvalue weighted by Gasteiger charge is -2.19. The second-order valence-electron chi connectivity index (χ2n) is 6.18. The van der Waals surface area contributed by atoms with Gasteiger partial charge >= 0.3 is 0 Å². The van der Waals surface area contributed by atoms with E-state index in [0.29, 0.717) is 11.7 Å². The van der Waals surface area contributed by atoms with Crippen molar-refractivity contribution in [3.8, 4) is 5.75 Å². The van der Waals surface area contributed by atoms with Gasteiger partial charge < -0.3 is 5.11 Å². The third kappa shape index (κ3) is 2.62. The third-order valence-corrected chi connectivity index (χ3v) is 8.00. The minimum atomic E-state index is -0.267. The summed E-state index contributed by atoms with van der Waals surface area (Å²) in [4.78, 5) is 6.21. The van der Waals surface area contributed by atoms with E-state index in [1.54, 1.807) is 0 Å². The summed E-state index contributed by atoms with van der Waals surface area (Å²) in [6.07, 6.45) is 0. The molecule has 0 aromatic heterocycles. The minimum absolute atomic E-state index is 0.267. The molecule has 120 valence electrons. The molecule has 1 aliphatic heterocycles. The lowest BCUT2D eigenvalue weighted by Crippen LogP contribution is -2.11. The van der Waals surface area contributed by atoms with E-state index in [2.05, 4.69) is 68.4 Å². The van der Waals surface area contributed by atoms with Crippen LogP contribution in [0, 0.1) is 0 Å². The number of fused-ring (bicyclic) bond motifs is 2. The van der Waals surface area contributed by atoms with Crippen molar-refractivity contribution < 1.29 is 5.11 Å². The summed E-state index contributed by atoms with van der Waals surface area (Å²) in [6.45, 7) is 4.38. The van der Waals surface area contributed by atoms with Crippen molar-refractivity contribution in [3.05, 3.63) is 72.3 Å². The molecule has 24 heavy (non-hydrogen) atoms. The fraction of sp³-hybridized carbons (Fsp3) is 0.143. The van der Waals surface area contributed by atoms with Crippen LogP contribution in [0.1, 0.15) is 25.3 Å². The predicted molar refractivity (Wildman–Crippen MR) is 101 cm³/mol. The maximum Gasteiger partial charge on any atom is 0.208 e. The monoisotopic (exact) mass is 351 g/mol. The van der Waals surface area contributed by atoms with Crippen LogP contribution in [-0.4, -0.2) is 5.11 Å². The molecule has 3 aromatic rings. The van der Waals surface area contributed by atoms with Crippen LogP contribution in [0.3, 0.4) is 0 Å². The highest BCUT2D eigenvalue weighted by atomic mass is 32.2. The molecule has 0 bridgehead atoms. The van der Waals surface area contributed by atoms with Gasteiger partial charge in [0.05, 0.1) is 9.79 Å². The van der Waals surface area contributed by atoms with Crippen molar-refractivity contribution in [1.29, 1.82) is 0 Å². The Labute approximate surface area is 150 Å². The first-order valence-electron chi connectivity index (χ1n) is 8.08. The van der Waals surface area contributed by atoms with Gasteiger partial charge in [-0.25, -0.2) is 0 Å². The summed E-state index contributed by atoms with van der Waals surface area (Å²) in [5, 5.41) is 10.6. The summed E-state index contributed by atoms with van der Waals surface area (Å²) < 4.78 is 0.